The van der Waals surface area contributed by atoms with Gasteiger partial charge in [0.1, 0.15) is 0 Å². The Morgan fingerprint density at radius 2 is 2.29 bits per heavy atom. The zero-order valence-electron chi connectivity index (χ0n) is 8.16. The number of aliphatic hydroxyl groups is 1. The highest BCUT2D eigenvalue weighted by atomic mass is 79.9. The third-order valence-corrected chi connectivity index (χ3v) is 3.43. The first-order valence-electron chi connectivity index (χ1n) is 4.32. The molecule has 0 aromatic heterocycles. The lowest BCUT2D eigenvalue weighted by molar-refractivity contribution is -0.0792. The summed E-state index contributed by atoms with van der Waals surface area (Å²) in [5, 5.41) is 9.65. The van der Waals surface area contributed by atoms with Crippen LogP contribution in [0.4, 0.5) is 0 Å². The lowest BCUT2D eigenvalue weighted by atomic mass is 10.2. The van der Waals surface area contributed by atoms with E-state index in [1.807, 2.05) is 18.2 Å². The molecule has 2 nitrogen and oxygen atoms in total. The van der Waals surface area contributed by atoms with Crippen LogP contribution in [0.3, 0.4) is 0 Å². The number of hydrogen-bond donors (Lipinski definition) is 1. The first kappa shape index (κ1) is 12.0. The second kappa shape index (κ2) is 5.75. The average molecular weight is 277 g/mol. The quantitative estimate of drug-likeness (QED) is 0.677. The molecule has 1 rings (SSSR count). The number of methoxy groups -OCH3 is 1. The van der Waals surface area contributed by atoms with Crippen LogP contribution in [0.2, 0.25) is 0 Å². The van der Waals surface area contributed by atoms with Gasteiger partial charge in [0.2, 0.25) is 0 Å². The lowest BCUT2D eigenvalue weighted by Crippen LogP contribution is -2.02. The third-order valence-electron chi connectivity index (χ3n) is 1.78. The van der Waals surface area contributed by atoms with Crippen LogP contribution in [-0.4, -0.2) is 18.0 Å². The lowest BCUT2D eigenvalue weighted by Gasteiger charge is -2.15. The highest BCUT2D eigenvalue weighted by Crippen LogP contribution is 2.33. The first-order valence-corrected chi connectivity index (χ1v) is 6.10. The molecular weight excluding hydrogens is 264 g/mol. The van der Waals surface area contributed by atoms with Gasteiger partial charge in [0.05, 0.1) is 0 Å². The van der Waals surface area contributed by atoms with Crippen molar-refractivity contribution < 1.29 is 9.84 Å². The summed E-state index contributed by atoms with van der Waals surface area (Å²) in [6.07, 6.45) is -0.861. The molecule has 14 heavy (non-hydrogen) atoms. The van der Waals surface area contributed by atoms with Crippen molar-refractivity contribution in [3.63, 3.8) is 0 Å². The Kier molecular flexibility index (Phi) is 4.95. The van der Waals surface area contributed by atoms with E-state index < -0.39 is 6.29 Å². The summed E-state index contributed by atoms with van der Waals surface area (Å²) in [5.74, 6) is 0.972. The fourth-order valence-corrected chi connectivity index (χ4v) is 2.70. The highest BCUT2D eigenvalue weighted by molar-refractivity contribution is 9.10. The molecular formula is C10H13BrO2S. The zero-order valence-corrected chi connectivity index (χ0v) is 10.6. The molecule has 0 saturated carbocycles. The number of thioether (sulfide) groups is 1. The maximum absolute atomic E-state index is 9.65. The second-order valence-electron chi connectivity index (χ2n) is 2.67. The van der Waals surface area contributed by atoms with Gasteiger partial charge in [-0.1, -0.05) is 28.9 Å². The van der Waals surface area contributed by atoms with E-state index in [0.29, 0.717) is 0 Å². The van der Waals surface area contributed by atoms with E-state index in [0.717, 1.165) is 20.7 Å². The minimum absolute atomic E-state index is 0.807. The van der Waals surface area contributed by atoms with Gasteiger partial charge in [0, 0.05) is 22.0 Å². The van der Waals surface area contributed by atoms with Crippen molar-refractivity contribution in [2.24, 2.45) is 0 Å². The third kappa shape index (κ3) is 2.73. The molecule has 0 fully saturated rings. The molecule has 4 heteroatoms. The van der Waals surface area contributed by atoms with E-state index >= 15 is 0 Å². The molecule has 0 heterocycles. The van der Waals surface area contributed by atoms with Crippen molar-refractivity contribution in [1.82, 2.24) is 0 Å². The molecule has 1 unspecified atom stereocenters. The zero-order chi connectivity index (χ0) is 10.6. The summed E-state index contributed by atoms with van der Waals surface area (Å²) in [5.41, 5.74) is 0.807. The van der Waals surface area contributed by atoms with Gasteiger partial charge in [0.15, 0.2) is 6.29 Å². The summed E-state index contributed by atoms with van der Waals surface area (Å²) in [6.45, 7) is 2.08. The summed E-state index contributed by atoms with van der Waals surface area (Å²) >= 11 is 5.09. The Morgan fingerprint density at radius 3 is 2.86 bits per heavy atom. The monoisotopic (exact) mass is 276 g/mol. The van der Waals surface area contributed by atoms with Crippen LogP contribution in [0.5, 0.6) is 0 Å². The minimum atomic E-state index is -0.861. The Labute approximate surface area is 96.8 Å². The van der Waals surface area contributed by atoms with Crippen molar-refractivity contribution in [3.8, 4) is 0 Å². The number of ether oxygens (including phenoxy) is 1. The van der Waals surface area contributed by atoms with Gasteiger partial charge in [-0.3, -0.25) is 0 Å². The molecule has 0 radical (unpaired) electrons. The van der Waals surface area contributed by atoms with Gasteiger partial charge < -0.3 is 9.84 Å². The molecule has 1 atom stereocenters. The van der Waals surface area contributed by atoms with E-state index in [9.17, 15) is 5.11 Å². The van der Waals surface area contributed by atoms with Crippen LogP contribution >= 0.6 is 27.7 Å². The van der Waals surface area contributed by atoms with Crippen LogP contribution in [-0.2, 0) is 4.74 Å². The summed E-state index contributed by atoms with van der Waals surface area (Å²) < 4.78 is 5.80. The number of benzene rings is 1. The van der Waals surface area contributed by atoms with Gasteiger partial charge in [-0.05, 0) is 17.9 Å². The Hall–Kier alpha value is -0.0300. The largest absolute Gasteiger partial charge is 0.364 e. The topological polar surface area (TPSA) is 29.5 Å². The van der Waals surface area contributed by atoms with E-state index in [-0.39, 0.29) is 0 Å². The van der Waals surface area contributed by atoms with Crippen LogP contribution in [0.15, 0.2) is 27.6 Å². The van der Waals surface area contributed by atoms with Crippen molar-refractivity contribution >= 4 is 27.7 Å². The molecule has 0 aliphatic heterocycles. The van der Waals surface area contributed by atoms with Crippen molar-refractivity contribution in [2.75, 3.05) is 12.9 Å². The molecule has 0 bridgehead atoms. The Bertz CT molecular complexity index is 304. The van der Waals surface area contributed by atoms with Gasteiger partial charge in [-0.25, -0.2) is 0 Å². The normalized spacial score (nSPS) is 12.9. The van der Waals surface area contributed by atoms with E-state index in [1.165, 1.54) is 7.11 Å². The maximum Gasteiger partial charge on any atom is 0.183 e. The first-order chi connectivity index (χ1) is 6.70. The molecule has 1 aromatic rings. The number of halogens is 1. The minimum Gasteiger partial charge on any atom is -0.364 e. The fraction of sp³-hybridized carbons (Fsp3) is 0.400. The average Bonchev–Trinajstić information content (AvgIpc) is 2.18. The van der Waals surface area contributed by atoms with Crippen molar-refractivity contribution in [2.45, 2.75) is 18.1 Å². The second-order valence-corrected chi connectivity index (χ2v) is 4.83. The van der Waals surface area contributed by atoms with Crippen LogP contribution in [0, 0.1) is 0 Å². The Balaban J connectivity index is 3.08. The SMILES string of the molecule is CCSc1cccc(Br)c1C(O)OC. The van der Waals surface area contributed by atoms with E-state index in [2.05, 4.69) is 22.9 Å². The predicted octanol–water partition coefficient (Wildman–Crippen LogP) is 3.20. The number of aliphatic hydroxyl groups excluding tert-OH is 1. The fourth-order valence-electron chi connectivity index (χ4n) is 1.16. The molecule has 0 aliphatic carbocycles. The van der Waals surface area contributed by atoms with E-state index in [4.69, 9.17) is 4.74 Å². The van der Waals surface area contributed by atoms with Crippen molar-refractivity contribution in [3.05, 3.63) is 28.2 Å². The molecule has 0 amide bonds. The highest BCUT2D eigenvalue weighted by Gasteiger charge is 2.14. The Morgan fingerprint density at radius 1 is 1.57 bits per heavy atom. The smallest absolute Gasteiger partial charge is 0.183 e. The molecule has 78 valence electrons. The van der Waals surface area contributed by atoms with E-state index in [1.54, 1.807) is 11.8 Å². The predicted molar refractivity (Wildman–Crippen MR) is 62.5 cm³/mol. The molecule has 0 saturated heterocycles. The standard InChI is InChI=1S/C10H13BrO2S/c1-3-14-8-6-4-5-7(11)9(8)10(12)13-2/h4-6,10,12H,3H2,1-2H3. The summed E-state index contributed by atoms with van der Waals surface area (Å²) in [6, 6.07) is 5.84. The van der Waals surface area contributed by atoms with Gasteiger partial charge in [0.25, 0.3) is 0 Å². The number of rotatable bonds is 4. The van der Waals surface area contributed by atoms with Gasteiger partial charge >= 0.3 is 0 Å². The van der Waals surface area contributed by atoms with Gasteiger partial charge in [-0.2, -0.15) is 0 Å². The van der Waals surface area contributed by atoms with Crippen LogP contribution in [0.25, 0.3) is 0 Å². The summed E-state index contributed by atoms with van der Waals surface area (Å²) in [4.78, 5) is 1.05. The summed E-state index contributed by atoms with van der Waals surface area (Å²) in [7, 11) is 1.49. The maximum atomic E-state index is 9.65. The number of hydrogen-bond acceptors (Lipinski definition) is 3. The van der Waals surface area contributed by atoms with Crippen molar-refractivity contribution in [1.29, 1.82) is 0 Å². The van der Waals surface area contributed by atoms with Crippen LogP contribution < -0.4 is 0 Å². The van der Waals surface area contributed by atoms with Crippen LogP contribution in [0.1, 0.15) is 18.8 Å². The molecule has 0 aliphatic rings. The molecule has 1 N–H and O–H groups in total. The molecule has 1 aromatic carbocycles. The molecule has 0 spiro atoms. The van der Waals surface area contributed by atoms with Gasteiger partial charge in [-0.15, -0.1) is 11.8 Å².